The molecule has 4 rings (SSSR count). The van der Waals surface area contributed by atoms with Gasteiger partial charge in [-0.3, -0.25) is 4.98 Å². The first-order chi connectivity index (χ1) is 14.2. The zero-order valence-corrected chi connectivity index (χ0v) is 16.1. The van der Waals surface area contributed by atoms with E-state index < -0.39 is 10.9 Å². The number of hydrogen-bond acceptors (Lipinski definition) is 5. The first-order valence-electron chi connectivity index (χ1n) is 8.84. The maximum Gasteiger partial charge on any atom is 0.201 e. The Hall–Kier alpha value is -3.67. The van der Waals surface area contributed by atoms with Crippen LogP contribution in [0.4, 0.5) is 11.4 Å². The summed E-state index contributed by atoms with van der Waals surface area (Å²) in [5.74, 6) is 0. The summed E-state index contributed by atoms with van der Waals surface area (Å²) in [5, 5.41) is 14.0. The quantitative estimate of drug-likeness (QED) is 0.369. The lowest BCUT2D eigenvalue weighted by atomic mass is 10.0. The molecule has 8 heteroatoms. The lowest BCUT2D eigenvalue weighted by Crippen LogP contribution is -2.10. The van der Waals surface area contributed by atoms with Crippen molar-refractivity contribution in [1.29, 1.82) is 5.26 Å². The third-order valence-electron chi connectivity index (χ3n) is 4.57. The molecule has 2 heterocycles. The van der Waals surface area contributed by atoms with Crippen LogP contribution in [0.2, 0.25) is 0 Å². The number of aromatic nitrogens is 2. The third-order valence-corrected chi connectivity index (χ3v) is 4.99. The van der Waals surface area contributed by atoms with E-state index in [1.165, 1.54) is 6.20 Å². The van der Waals surface area contributed by atoms with Crippen LogP contribution in [0.1, 0.15) is 11.1 Å². The number of benzene rings is 2. The summed E-state index contributed by atoms with van der Waals surface area (Å²) < 4.78 is 24.0. The zero-order chi connectivity index (χ0) is 20.2. The molecule has 0 unspecified atom stereocenters. The fourth-order valence-corrected chi connectivity index (χ4v) is 3.54. The number of anilines is 2. The fraction of sp³-hybridized carbons (Fsp3) is 0.0476. The second kappa shape index (κ2) is 8.14. The van der Waals surface area contributed by atoms with Crippen molar-refractivity contribution < 1.29 is 8.42 Å². The average molecular weight is 403 g/mol. The number of rotatable bonds is 6. The summed E-state index contributed by atoms with van der Waals surface area (Å²) in [7, 11) is -2.67. The smallest absolute Gasteiger partial charge is 0.201 e. The molecule has 0 aliphatic rings. The van der Waals surface area contributed by atoms with Crippen LogP contribution in [-0.2, 0) is 17.4 Å². The van der Waals surface area contributed by atoms with E-state index in [1.807, 2.05) is 54.7 Å². The van der Waals surface area contributed by atoms with Crippen LogP contribution in [0.3, 0.4) is 0 Å². The van der Waals surface area contributed by atoms with Crippen molar-refractivity contribution in [3.05, 3.63) is 78.2 Å². The normalized spacial score (nSPS) is 10.9. The Morgan fingerprint density at radius 2 is 1.97 bits per heavy atom. The molecule has 0 bridgehead atoms. The van der Waals surface area contributed by atoms with Crippen molar-refractivity contribution in [2.24, 2.45) is 0 Å². The van der Waals surface area contributed by atoms with Gasteiger partial charge in [-0.2, -0.15) is 5.26 Å². The van der Waals surface area contributed by atoms with Gasteiger partial charge in [0.05, 0.1) is 11.3 Å². The van der Waals surface area contributed by atoms with Gasteiger partial charge in [-0.1, -0.05) is 24.3 Å². The zero-order valence-electron chi connectivity index (χ0n) is 15.2. The summed E-state index contributed by atoms with van der Waals surface area (Å²) >= 11 is 0. The van der Waals surface area contributed by atoms with Crippen LogP contribution in [0.25, 0.3) is 22.0 Å². The number of hydrogen-bond donors (Lipinski definition) is 4. The summed E-state index contributed by atoms with van der Waals surface area (Å²) in [5.41, 5.74) is 5.32. The lowest BCUT2D eigenvalue weighted by molar-refractivity contribution is 0.601. The topological polar surface area (TPSA) is 111 Å². The number of H-pyrrole nitrogens is 1. The highest BCUT2D eigenvalue weighted by Gasteiger charge is 2.13. The van der Waals surface area contributed by atoms with E-state index in [4.69, 9.17) is 0 Å². The molecule has 0 radical (unpaired) electrons. The molecular weight excluding hydrogens is 386 g/mol. The molecule has 7 nitrogen and oxygen atoms in total. The predicted octanol–water partition coefficient (Wildman–Crippen LogP) is 3.46. The first-order valence-corrected chi connectivity index (χ1v) is 10.0. The fourth-order valence-electron chi connectivity index (χ4n) is 3.23. The second-order valence-electron chi connectivity index (χ2n) is 6.38. The number of pyridine rings is 1. The van der Waals surface area contributed by atoms with Crippen molar-refractivity contribution in [3.63, 3.8) is 0 Å². The van der Waals surface area contributed by atoms with Gasteiger partial charge in [0.15, 0.2) is 0 Å². The van der Waals surface area contributed by atoms with Crippen molar-refractivity contribution >= 4 is 33.2 Å². The number of nitrogens with one attached hydrogen (secondary N) is 3. The third kappa shape index (κ3) is 3.96. The monoisotopic (exact) mass is 403 g/mol. The number of nitrogens with zero attached hydrogens (tertiary/aromatic N) is 2. The lowest BCUT2D eigenvalue weighted by Gasteiger charge is -2.15. The van der Waals surface area contributed by atoms with E-state index in [0.717, 1.165) is 33.3 Å². The Bertz CT molecular complexity index is 1300. The Kier molecular flexibility index (Phi) is 5.24. The molecule has 0 fully saturated rings. The van der Waals surface area contributed by atoms with Crippen molar-refractivity contribution in [2.45, 2.75) is 6.54 Å². The minimum Gasteiger partial charge on any atom is -0.361 e. The molecule has 0 saturated heterocycles. The summed E-state index contributed by atoms with van der Waals surface area (Å²) in [6, 6.07) is 17.5. The van der Waals surface area contributed by atoms with Gasteiger partial charge in [-0.25, -0.2) is 13.1 Å². The standard InChI is InChI=1S/C21H17N5O2S/c22-10-16-12-23-13-18(15-4-1-3-14(9-15)11-25-29(27)28)21(16)26-20-6-2-5-19-17(20)7-8-24-19/h1-9,12-13,24,29H,11H2,(H,23,26)(H,25,27,28). The van der Waals surface area contributed by atoms with Gasteiger partial charge in [0.1, 0.15) is 6.07 Å². The summed E-state index contributed by atoms with van der Waals surface area (Å²) in [4.78, 5) is 7.39. The molecular formula is C21H17N5O2S. The SMILES string of the molecule is N#Cc1cncc(-c2cccc(CN[SH](=O)=O)c2)c1Nc1cccc2[nH]ccc12. The maximum absolute atomic E-state index is 10.8. The summed E-state index contributed by atoms with van der Waals surface area (Å²) in [6.07, 6.45) is 5.09. The second-order valence-corrected chi connectivity index (χ2v) is 7.21. The molecule has 0 atom stereocenters. The van der Waals surface area contributed by atoms with Crippen LogP contribution >= 0.6 is 0 Å². The molecule has 29 heavy (non-hydrogen) atoms. The Balaban J connectivity index is 1.79. The molecule has 0 saturated carbocycles. The highest BCUT2D eigenvalue weighted by molar-refractivity contribution is 7.70. The largest absolute Gasteiger partial charge is 0.361 e. The van der Waals surface area contributed by atoms with E-state index in [0.29, 0.717) is 11.3 Å². The minimum absolute atomic E-state index is 0.198. The van der Waals surface area contributed by atoms with E-state index in [9.17, 15) is 13.7 Å². The number of nitriles is 1. The van der Waals surface area contributed by atoms with Crippen LogP contribution in [0.5, 0.6) is 0 Å². The van der Waals surface area contributed by atoms with Gasteiger partial charge >= 0.3 is 0 Å². The molecule has 0 aliphatic carbocycles. The molecule has 0 aliphatic heterocycles. The molecule has 144 valence electrons. The highest BCUT2D eigenvalue weighted by Crippen LogP contribution is 2.34. The van der Waals surface area contributed by atoms with Gasteiger partial charge in [-0.05, 0) is 35.4 Å². The maximum atomic E-state index is 10.8. The van der Waals surface area contributed by atoms with Crippen LogP contribution in [0, 0.1) is 11.3 Å². The Labute approximate surface area is 169 Å². The number of fused-ring (bicyclic) bond motifs is 1. The molecule has 2 aromatic heterocycles. The van der Waals surface area contributed by atoms with Gasteiger partial charge in [0.2, 0.25) is 10.9 Å². The van der Waals surface area contributed by atoms with E-state index in [-0.39, 0.29) is 6.54 Å². The number of aromatic amines is 1. The highest BCUT2D eigenvalue weighted by atomic mass is 32.2. The molecule has 3 N–H and O–H groups in total. The van der Waals surface area contributed by atoms with Crippen LogP contribution < -0.4 is 10.0 Å². The number of thiol groups is 1. The summed E-state index contributed by atoms with van der Waals surface area (Å²) in [6.45, 7) is 0.198. The molecule has 4 aromatic rings. The van der Waals surface area contributed by atoms with Crippen molar-refractivity contribution in [2.75, 3.05) is 5.32 Å². The van der Waals surface area contributed by atoms with Crippen molar-refractivity contribution in [1.82, 2.24) is 14.7 Å². The first kappa shape index (κ1) is 18.7. The van der Waals surface area contributed by atoms with E-state index in [2.05, 4.69) is 26.1 Å². The van der Waals surface area contributed by atoms with Gasteiger partial charge in [-0.15, -0.1) is 0 Å². The molecule has 2 aromatic carbocycles. The van der Waals surface area contributed by atoms with Crippen LogP contribution in [0.15, 0.2) is 67.1 Å². The Morgan fingerprint density at radius 1 is 1.10 bits per heavy atom. The van der Waals surface area contributed by atoms with Gasteiger partial charge < -0.3 is 10.3 Å². The van der Waals surface area contributed by atoms with Crippen LogP contribution in [-0.4, -0.2) is 18.4 Å². The molecule has 0 spiro atoms. The van der Waals surface area contributed by atoms with Gasteiger partial charge in [0, 0.05) is 47.3 Å². The van der Waals surface area contributed by atoms with E-state index >= 15 is 0 Å². The van der Waals surface area contributed by atoms with Crippen molar-refractivity contribution in [3.8, 4) is 17.2 Å². The average Bonchev–Trinajstić information content (AvgIpc) is 3.22. The minimum atomic E-state index is -2.67. The predicted molar refractivity (Wildman–Crippen MR) is 113 cm³/mol. The van der Waals surface area contributed by atoms with E-state index in [1.54, 1.807) is 6.20 Å². The Morgan fingerprint density at radius 3 is 2.79 bits per heavy atom. The van der Waals surface area contributed by atoms with Gasteiger partial charge in [0.25, 0.3) is 0 Å². The molecule has 0 amide bonds.